The Morgan fingerprint density at radius 3 is 2.45 bits per heavy atom. The number of amides is 1. The molecule has 6 heteroatoms. The molecule has 1 heterocycles. The van der Waals surface area contributed by atoms with E-state index in [9.17, 15) is 9.18 Å². The lowest BCUT2D eigenvalue weighted by molar-refractivity contribution is -0.117. The van der Waals surface area contributed by atoms with E-state index in [-0.39, 0.29) is 18.1 Å². The standard InChI is InChI=1S/C23H19FN2O2S/c1-2-28-19-13-11-18(12-14-19)26(22(27)15-16-7-9-17(24)10-8-16)23-25-20-5-3-4-6-21(20)29-23/h3-14H,2,15H2,1H3. The van der Waals surface area contributed by atoms with E-state index in [1.807, 2.05) is 55.5 Å². The molecule has 1 amide bonds. The van der Waals surface area contributed by atoms with Crippen molar-refractivity contribution in [3.05, 3.63) is 84.2 Å². The lowest BCUT2D eigenvalue weighted by Gasteiger charge is -2.20. The first-order valence-corrected chi connectivity index (χ1v) is 10.1. The highest BCUT2D eigenvalue weighted by molar-refractivity contribution is 7.22. The maximum Gasteiger partial charge on any atom is 0.237 e. The third kappa shape index (κ3) is 4.27. The first kappa shape index (κ1) is 19.1. The van der Waals surface area contributed by atoms with E-state index < -0.39 is 0 Å². The van der Waals surface area contributed by atoms with Crippen LogP contribution in [-0.2, 0) is 11.2 Å². The molecule has 0 aliphatic heterocycles. The molecule has 0 aliphatic carbocycles. The van der Waals surface area contributed by atoms with Crippen LogP contribution in [0.25, 0.3) is 10.2 Å². The third-order valence-electron chi connectivity index (χ3n) is 4.40. The van der Waals surface area contributed by atoms with Crippen molar-refractivity contribution >= 4 is 38.3 Å². The molecule has 3 aromatic carbocycles. The molecule has 4 aromatic rings. The van der Waals surface area contributed by atoms with Crippen molar-refractivity contribution in [2.75, 3.05) is 11.5 Å². The predicted molar refractivity (Wildman–Crippen MR) is 114 cm³/mol. The van der Waals surface area contributed by atoms with Gasteiger partial charge in [-0.25, -0.2) is 9.37 Å². The molecule has 0 spiro atoms. The van der Waals surface area contributed by atoms with Crippen molar-refractivity contribution in [1.29, 1.82) is 0 Å². The molecule has 0 saturated heterocycles. The topological polar surface area (TPSA) is 42.4 Å². The Labute approximate surface area is 172 Å². The Morgan fingerprint density at radius 1 is 1.03 bits per heavy atom. The van der Waals surface area contributed by atoms with Gasteiger partial charge in [-0.15, -0.1) is 0 Å². The minimum absolute atomic E-state index is 0.139. The highest BCUT2D eigenvalue weighted by atomic mass is 32.1. The lowest BCUT2D eigenvalue weighted by atomic mass is 10.1. The van der Waals surface area contributed by atoms with E-state index in [0.717, 1.165) is 21.5 Å². The van der Waals surface area contributed by atoms with Crippen molar-refractivity contribution < 1.29 is 13.9 Å². The summed E-state index contributed by atoms with van der Waals surface area (Å²) in [6.07, 6.45) is 0.142. The van der Waals surface area contributed by atoms with Gasteiger partial charge in [-0.2, -0.15) is 0 Å². The molecule has 0 unspecified atom stereocenters. The quantitative estimate of drug-likeness (QED) is 0.410. The fraction of sp³-hybridized carbons (Fsp3) is 0.130. The van der Waals surface area contributed by atoms with Crippen LogP contribution >= 0.6 is 11.3 Å². The maximum absolute atomic E-state index is 13.3. The summed E-state index contributed by atoms with van der Waals surface area (Å²) in [5.74, 6) is 0.280. The molecule has 0 bridgehead atoms. The van der Waals surface area contributed by atoms with Gasteiger partial charge < -0.3 is 4.74 Å². The Morgan fingerprint density at radius 2 is 1.76 bits per heavy atom. The SMILES string of the molecule is CCOc1ccc(N(C(=O)Cc2ccc(F)cc2)c2nc3ccccc3s2)cc1. The van der Waals surface area contributed by atoms with Gasteiger partial charge in [0.1, 0.15) is 11.6 Å². The van der Waals surface area contributed by atoms with Crippen LogP contribution in [0.15, 0.2) is 72.8 Å². The fourth-order valence-corrected chi connectivity index (χ4v) is 4.03. The van der Waals surface area contributed by atoms with Gasteiger partial charge in [-0.05, 0) is 61.0 Å². The second kappa shape index (κ2) is 8.41. The van der Waals surface area contributed by atoms with Crippen LogP contribution < -0.4 is 9.64 Å². The van der Waals surface area contributed by atoms with Gasteiger partial charge in [-0.3, -0.25) is 9.69 Å². The molecular formula is C23H19FN2O2S. The van der Waals surface area contributed by atoms with Crippen LogP contribution in [0.1, 0.15) is 12.5 Å². The number of rotatable bonds is 6. The number of hydrogen-bond acceptors (Lipinski definition) is 4. The number of fused-ring (bicyclic) bond motifs is 1. The van der Waals surface area contributed by atoms with E-state index >= 15 is 0 Å². The smallest absolute Gasteiger partial charge is 0.237 e. The summed E-state index contributed by atoms with van der Waals surface area (Å²) in [5.41, 5.74) is 2.30. The Balaban J connectivity index is 1.71. The summed E-state index contributed by atoms with van der Waals surface area (Å²) in [5, 5.41) is 0.600. The summed E-state index contributed by atoms with van der Waals surface area (Å²) in [4.78, 5) is 19.5. The monoisotopic (exact) mass is 406 g/mol. The number of aromatic nitrogens is 1. The van der Waals surface area contributed by atoms with Crippen LogP contribution in [-0.4, -0.2) is 17.5 Å². The second-order valence-electron chi connectivity index (χ2n) is 6.42. The average molecular weight is 406 g/mol. The zero-order valence-corrected chi connectivity index (χ0v) is 16.7. The minimum atomic E-state index is -0.323. The Hall–Kier alpha value is -3.25. The molecule has 0 atom stereocenters. The zero-order chi connectivity index (χ0) is 20.2. The number of hydrogen-bond donors (Lipinski definition) is 0. The number of para-hydroxylation sites is 1. The number of benzene rings is 3. The molecule has 0 N–H and O–H groups in total. The Bertz CT molecular complexity index is 1090. The van der Waals surface area contributed by atoms with E-state index in [1.54, 1.807) is 17.0 Å². The number of anilines is 2. The van der Waals surface area contributed by atoms with Crippen molar-refractivity contribution in [3.63, 3.8) is 0 Å². The predicted octanol–water partition coefficient (Wildman–Crippen LogP) is 5.74. The van der Waals surface area contributed by atoms with Crippen molar-refractivity contribution in [3.8, 4) is 5.75 Å². The number of nitrogens with zero attached hydrogens (tertiary/aromatic N) is 2. The zero-order valence-electron chi connectivity index (χ0n) is 15.8. The van der Waals surface area contributed by atoms with Crippen LogP contribution in [0.3, 0.4) is 0 Å². The molecular weight excluding hydrogens is 387 g/mol. The van der Waals surface area contributed by atoms with Crippen LogP contribution in [0.4, 0.5) is 15.2 Å². The lowest BCUT2D eigenvalue weighted by Crippen LogP contribution is -2.27. The summed E-state index contributed by atoms with van der Waals surface area (Å²) in [6, 6.07) is 21.1. The Kier molecular flexibility index (Phi) is 5.53. The highest BCUT2D eigenvalue weighted by Gasteiger charge is 2.22. The van der Waals surface area contributed by atoms with Gasteiger partial charge in [-0.1, -0.05) is 35.6 Å². The second-order valence-corrected chi connectivity index (χ2v) is 7.43. The van der Waals surface area contributed by atoms with Gasteiger partial charge in [0.15, 0.2) is 5.13 Å². The number of carbonyl (C=O) groups is 1. The highest BCUT2D eigenvalue weighted by Crippen LogP contribution is 2.34. The van der Waals surface area contributed by atoms with Crippen molar-refractivity contribution in [1.82, 2.24) is 4.98 Å². The molecule has 0 radical (unpaired) electrons. The number of ether oxygens (including phenoxy) is 1. The fourth-order valence-electron chi connectivity index (χ4n) is 3.03. The molecule has 146 valence electrons. The van der Waals surface area contributed by atoms with Gasteiger partial charge in [0.25, 0.3) is 0 Å². The summed E-state index contributed by atoms with van der Waals surface area (Å²) >= 11 is 1.46. The molecule has 0 aliphatic rings. The van der Waals surface area contributed by atoms with E-state index in [1.165, 1.54) is 23.5 Å². The van der Waals surface area contributed by atoms with Crippen LogP contribution in [0.5, 0.6) is 5.75 Å². The van der Waals surface area contributed by atoms with Gasteiger partial charge in [0.05, 0.1) is 28.9 Å². The molecule has 0 saturated carbocycles. The van der Waals surface area contributed by atoms with Crippen molar-refractivity contribution in [2.45, 2.75) is 13.3 Å². The van der Waals surface area contributed by atoms with Crippen LogP contribution in [0.2, 0.25) is 0 Å². The number of thiazole rings is 1. The summed E-state index contributed by atoms with van der Waals surface area (Å²) in [7, 11) is 0. The molecule has 4 nitrogen and oxygen atoms in total. The average Bonchev–Trinajstić information content (AvgIpc) is 3.15. The van der Waals surface area contributed by atoms with E-state index in [0.29, 0.717) is 17.4 Å². The first-order chi connectivity index (χ1) is 14.1. The number of carbonyl (C=O) groups excluding carboxylic acids is 1. The van der Waals surface area contributed by atoms with Crippen molar-refractivity contribution in [2.24, 2.45) is 0 Å². The molecule has 4 rings (SSSR count). The molecule has 1 aromatic heterocycles. The molecule has 29 heavy (non-hydrogen) atoms. The molecule has 0 fully saturated rings. The first-order valence-electron chi connectivity index (χ1n) is 9.30. The van der Waals surface area contributed by atoms with E-state index in [2.05, 4.69) is 4.98 Å². The third-order valence-corrected chi connectivity index (χ3v) is 5.42. The minimum Gasteiger partial charge on any atom is -0.494 e. The maximum atomic E-state index is 13.3. The van der Waals surface area contributed by atoms with Crippen LogP contribution in [0, 0.1) is 5.82 Å². The van der Waals surface area contributed by atoms with Gasteiger partial charge in [0.2, 0.25) is 5.91 Å². The number of halogens is 1. The van der Waals surface area contributed by atoms with Gasteiger partial charge in [0, 0.05) is 0 Å². The summed E-state index contributed by atoms with van der Waals surface area (Å²) in [6.45, 7) is 2.50. The van der Waals surface area contributed by atoms with Gasteiger partial charge >= 0.3 is 0 Å². The summed E-state index contributed by atoms with van der Waals surface area (Å²) < 4.78 is 19.7. The van der Waals surface area contributed by atoms with E-state index in [4.69, 9.17) is 4.74 Å². The normalized spacial score (nSPS) is 10.8. The largest absolute Gasteiger partial charge is 0.494 e.